The summed E-state index contributed by atoms with van der Waals surface area (Å²) >= 11 is 0. The van der Waals surface area contributed by atoms with E-state index in [-0.39, 0.29) is 22.3 Å². The van der Waals surface area contributed by atoms with Crippen LogP contribution in [0.2, 0.25) is 0 Å². The minimum Gasteiger partial charge on any atom is -0.478 e. The van der Waals surface area contributed by atoms with E-state index in [4.69, 9.17) is 0 Å². The molecule has 2 aromatic rings. The van der Waals surface area contributed by atoms with Crippen molar-refractivity contribution in [1.29, 1.82) is 0 Å². The zero-order valence-corrected chi connectivity index (χ0v) is 19.8. The van der Waals surface area contributed by atoms with E-state index in [2.05, 4.69) is 27.7 Å². The summed E-state index contributed by atoms with van der Waals surface area (Å²) in [5.74, 6) is -1.55. The first-order valence-electron chi connectivity index (χ1n) is 11.9. The fourth-order valence-electron chi connectivity index (χ4n) is 5.85. The van der Waals surface area contributed by atoms with Crippen LogP contribution in [0.4, 0.5) is 0 Å². The van der Waals surface area contributed by atoms with Crippen LogP contribution in [0.1, 0.15) is 110 Å². The molecule has 4 heteroatoms. The Kier molecular flexibility index (Phi) is 7.12. The predicted molar refractivity (Wildman–Crippen MR) is 128 cm³/mol. The fraction of sp³-hybridized carbons (Fsp3) is 0.500. The first-order valence-corrected chi connectivity index (χ1v) is 11.9. The highest BCUT2D eigenvalue weighted by atomic mass is 16.4. The molecule has 0 amide bonds. The Morgan fingerprint density at radius 3 is 1.94 bits per heavy atom. The van der Waals surface area contributed by atoms with Crippen molar-refractivity contribution >= 4 is 11.9 Å². The zero-order chi connectivity index (χ0) is 23.5. The van der Waals surface area contributed by atoms with E-state index in [1.807, 2.05) is 24.3 Å². The third-order valence-corrected chi connectivity index (χ3v) is 7.67. The second kappa shape index (κ2) is 9.48. The smallest absolute Gasteiger partial charge is 0.335 e. The monoisotopic (exact) mass is 436 g/mol. The van der Waals surface area contributed by atoms with E-state index in [9.17, 15) is 19.8 Å². The normalized spacial score (nSPS) is 21.3. The lowest BCUT2D eigenvalue weighted by Crippen LogP contribution is -2.36. The SMILES string of the molecule is CCCCCCCCC1C(C)(C)c2cc(C(=O)O)ccc2C1(C)c1ccc(C(=O)O)cc1. The van der Waals surface area contributed by atoms with Crippen molar-refractivity contribution in [2.75, 3.05) is 0 Å². The molecule has 0 aromatic heterocycles. The molecule has 0 bridgehead atoms. The number of rotatable bonds is 10. The average Bonchev–Trinajstić information content (AvgIpc) is 2.94. The second-order valence-corrected chi connectivity index (χ2v) is 9.98. The standard InChI is InChI=1S/C28H36O4/c1-5-6-7-8-9-10-11-24-27(2,3)23-18-20(26(31)32)14-17-22(23)28(24,4)21-15-12-19(13-16-21)25(29)30/h12-18,24H,5-11H2,1-4H3,(H,29,30)(H,31,32). The zero-order valence-electron chi connectivity index (χ0n) is 19.8. The summed E-state index contributed by atoms with van der Waals surface area (Å²) in [5.41, 5.74) is 3.45. The van der Waals surface area contributed by atoms with E-state index < -0.39 is 11.9 Å². The Morgan fingerprint density at radius 1 is 0.781 bits per heavy atom. The van der Waals surface area contributed by atoms with Gasteiger partial charge in [-0.3, -0.25) is 0 Å². The van der Waals surface area contributed by atoms with Crippen LogP contribution < -0.4 is 0 Å². The molecule has 2 atom stereocenters. The van der Waals surface area contributed by atoms with E-state index >= 15 is 0 Å². The summed E-state index contributed by atoms with van der Waals surface area (Å²) in [6, 6.07) is 12.8. The highest BCUT2D eigenvalue weighted by molar-refractivity contribution is 5.88. The molecule has 0 saturated carbocycles. The van der Waals surface area contributed by atoms with E-state index in [0.717, 1.165) is 29.5 Å². The Hall–Kier alpha value is -2.62. The summed E-state index contributed by atoms with van der Waals surface area (Å²) < 4.78 is 0. The van der Waals surface area contributed by atoms with Crippen LogP contribution in [-0.2, 0) is 10.8 Å². The molecule has 2 aromatic carbocycles. The van der Waals surface area contributed by atoms with Crippen LogP contribution in [-0.4, -0.2) is 22.2 Å². The minimum atomic E-state index is -0.927. The minimum absolute atomic E-state index is 0.190. The highest BCUT2D eigenvalue weighted by Gasteiger charge is 2.53. The van der Waals surface area contributed by atoms with Crippen LogP contribution in [0.3, 0.4) is 0 Å². The summed E-state index contributed by atoms with van der Waals surface area (Å²) in [5, 5.41) is 18.9. The maximum absolute atomic E-state index is 11.7. The van der Waals surface area contributed by atoms with Crippen molar-refractivity contribution < 1.29 is 19.8 Å². The Balaban J connectivity index is 2.01. The largest absolute Gasteiger partial charge is 0.478 e. The van der Waals surface area contributed by atoms with E-state index in [1.165, 1.54) is 32.1 Å². The van der Waals surface area contributed by atoms with Gasteiger partial charge in [0, 0.05) is 5.41 Å². The topological polar surface area (TPSA) is 74.6 Å². The third-order valence-electron chi connectivity index (χ3n) is 7.67. The first-order chi connectivity index (χ1) is 15.1. The van der Waals surface area contributed by atoms with Crippen LogP contribution >= 0.6 is 0 Å². The van der Waals surface area contributed by atoms with Gasteiger partial charge in [0.15, 0.2) is 0 Å². The number of benzene rings is 2. The summed E-state index contributed by atoms with van der Waals surface area (Å²) in [7, 11) is 0. The molecule has 0 radical (unpaired) electrons. The van der Waals surface area contributed by atoms with Crippen molar-refractivity contribution in [3.05, 3.63) is 70.3 Å². The number of hydrogen-bond donors (Lipinski definition) is 2. The van der Waals surface area contributed by atoms with Crippen molar-refractivity contribution in [3.8, 4) is 0 Å². The van der Waals surface area contributed by atoms with E-state index in [1.54, 1.807) is 18.2 Å². The molecular formula is C28H36O4. The molecule has 4 nitrogen and oxygen atoms in total. The molecule has 3 rings (SSSR count). The fourth-order valence-corrected chi connectivity index (χ4v) is 5.85. The average molecular weight is 437 g/mol. The third kappa shape index (κ3) is 4.32. The molecule has 172 valence electrons. The van der Waals surface area contributed by atoms with Gasteiger partial charge in [-0.05, 0) is 58.7 Å². The second-order valence-electron chi connectivity index (χ2n) is 9.98. The molecule has 0 saturated heterocycles. The molecule has 2 unspecified atom stereocenters. The number of aromatic carboxylic acids is 2. The Bertz CT molecular complexity index is 973. The maximum Gasteiger partial charge on any atom is 0.335 e. The number of unbranched alkanes of at least 4 members (excludes halogenated alkanes) is 5. The lowest BCUT2D eigenvalue weighted by atomic mass is 9.64. The molecule has 2 N–H and O–H groups in total. The molecule has 32 heavy (non-hydrogen) atoms. The van der Waals surface area contributed by atoms with Gasteiger partial charge in [0.25, 0.3) is 0 Å². The molecule has 1 aliphatic carbocycles. The predicted octanol–water partition coefficient (Wildman–Crippen LogP) is 7.05. The van der Waals surface area contributed by atoms with E-state index in [0.29, 0.717) is 5.56 Å². The Labute approximate surface area is 191 Å². The Morgan fingerprint density at radius 2 is 1.34 bits per heavy atom. The number of carboxylic acids is 2. The van der Waals surface area contributed by atoms with Crippen LogP contribution in [0, 0.1) is 5.92 Å². The first kappa shape index (κ1) is 24.0. The lowest BCUT2D eigenvalue weighted by molar-refractivity contribution is 0.0686. The molecule has 0 fully saturated rings. The number of carbonyl (C=O) groups is 2. The summed E-state index contributed by atoms with van der Waals surface area (Å²) in [6.45, 7) is 8.94. The maximum atomic E-state index is 11.7. The van der Waals surface area contributed by atoms with Gasteiger partial charge in [-0.1, -0.05) is 84.4 Å². The summed E-state index contributed by atoms with van der Waals surface area (Å²) in [4.78, 5) is 23.0. The summed E-state index contributed by atoms with van der Waals surface area (Å²) in [6.07, 6.45) is 8.44. The van der Waals surface area contributed by atoms with Gasteiger partial charge < -0.3 is 10.2 Å². The number of fused-ring (bicyclic) bond motifs is 1. The molecule has 1 aliphatic rings. The van der Waals surface area contributed by atoms with Gasteiger partial charge in [0.2, 0.25) is 0 Å². The van der Waals surface area contributed by atoms with Crippen LogP contribution in [0.25, 0.3) is 0 Å². The molecule has 0 heterocycles. The molecule has 0 aliphatic heterocycles. The molecule has 0 spiro atoms. The van der Waals surface area contributed by atoms with Crippen molar-refractivity contribution in [2.24, 2.45) is 5.92 Å². The number of carboxylic acid groups (broad SMARTS) is 2. The molecular weight excluding hydrogens is 400 g/mol. The van der Waals surface area contributed by atoms with Gasteiger partial charge in [0.05, 0.1) is 11.1 Å². The van der Waals surface area contributed by atoms with Crippen LogP contribution in [0.15, 0.2) is 42.5 Å². The lowest BCUT2D eigenvalue weighted by Gasteiger charge is -2.39. The highest BCUT2D eigenvalue weighted by Crippen LogP contribution is 2.58. The van der Waals surface area contributed by atoms with Crippen LogP contribution in [0.5, 0.6) is 0 Å². The van der Waals surface area contributed by atoms with Gasteiger partial charge in [-0.2, -0.15) is 0 Å². The number of hydrogen-bond acceptors (Lipinski definition) is 2. The van der Waals surface area contributed by atoms with Gasteiger partial charge in [-0.25, -0.2) is 9.59 Å². The van der Waals surface area contributed by atoms with Crippen molar-refractivity contribution in [1.82, 2.24) is 0 Å². The quantitative estimate of drug-likeness (QED) is 0.391. The van der Waals surface area contributed by atoms with Crippen molar-refractivity contribution in [2.45, 2.75) is 83.5 Å². The van der Waals surface area contributed by atoms with Gasteiger partial charge >= 0.3 is 11.9 Å². The van der Waals surface area contributed by atoms with Crippen molar-refractivity contribution in [3.63, 3.8) is 0 Å². The van der Waals surface area contributed by atoms with Gasteiger partial charge in [0.1, 0.15) is 0 Å². The van der Waals surface area contributed by atoms with Gasteiger partial charge in [-0.15, -0.1) is 0 Å².